The molecule has 0 fully saturated rings. The number of ether oxygens (including phenoxy) is 3. The lowest BCUT2D eigenvalue weighted by molar-refractivity contribution is 0.0475. The smallest absolute Gasteiger partial charge is 0.339 e. The van der Waals surface area contributed by atoms with Crippen molar-refractivity contribution in [1.82, 2.24) is 4.98 Å². The predicted molar refractivity (Wildman–Crippen MR) is 131 cm³/mol. The summed E-state index contributed by atoms with van der Waals surface area (Å²) in [4.78, 5) is 30.9. The SMILES string of the molecule is COc1ccc(C(=O)COC(=O)c2c3c(nc4ccccc24)/C(=C/c2ccco2)CC3)cc1OC. The fraction of sp³-hybridized carbons (Fsp3) is 0.179. The number of carbonyl (C=O) groups is 2. The average molecular weight is 469 g/mol. The molecule has 2 heterocycles. The average Bonchev–Trinajstić information content (AvgIpc) is 3.55. The Morgan fingerprint density at radius 1 is 1.00 bits per heavy atom. The quantitative estimate of drug-likeness (QED) is 0.266. The Hall–Kier alpha value is -4.39. The Morgan fingerprint density at radius 2 is 1.83 bits per heavy atom. The number of hydrogen-bond donors (Lipinski definition) is 0. The van der Waals surface area contributed by atoms with E-state index in [1.807, 2.05) is 42.5 Å². The third kappa shape index (κ3) is 4.28. The maximum atomic E-state index is 13.3. The monoisotopic (exact) mass is 469 g/mol. The lowest BCUT2D eigenvalue weighted by Crippen LogP contribution is -2.16. The van der Waals surface area contributed by atoms with Gasteiger partial charge in [0.1, 0.15) is 5.76 Å². The number of ketones is 1. The zero-order valence-corrected chi connectivity index (χ0v) is 19.4. The number of Topliss-reactive ketones (excluding diaryl/α,β-unsaturated/α-hetero) is 1. The molecule has 2 aromatic carbocycles. The standard InChI is InChI=1S/C28H23NO6/c1-32-24-12-10-17(15-25(24)33-2)23(30)16-35-28(31)26-20-7-3-4-8-22(20)29-27-18(9-11-21(26)27)14-19-6-5-13-34-19/h3-8,10,12-15H,9,11,16H2,1-2H3/b18-14+. The van der Waals surface area contributed by atoms with Crippen LogP contribution in [-0.2, 0) is 11.2 Å². The minimum atomic E-state index is -0.548. The van der Waals surface area contributed by atoms with Crippen molar-refractivity contribution >= 4 is 34.3 Å². The molecule has 4 aromatic rings. The summed E-state index contributed by atoms with van der Waals surface area (Å²) in [5, 5.41) is 0.703. The number of allylic oxidation sites excluding steroid dienone is 1. The molecule has 7 nitrogen and oxygen atoms in total. The summed E-state index contributed by atoms with van der Waals surface area (Å²) in [7, 11) is 3.02. The molecule has 0 aliphatic heterocycles. The minimum absolute atomic E-state index is 0.340. The van der Waals surface area contributed by atoms with Crippen molar-refractivity contribution in [2.24, 2.45) is 0 Å². The number of fused-ring (bicyclic) bond motifs is 2. The number of esters is 1. The van der Waals surface area contributed by atoms with Crippen molar-refractivity contribution in [2.45, 2.75) is 12.8 Å². The van der Waals surface area contributed by atoms with E-state index in [4.69, 9.17) is 23.6 Å². The first-order valence-corrected chi connectivity index (χ1v) is 11.2. The van der Waals surface area contributed by atoms with E-state index in [-0.39, 0.29) is 5.78 Å². The number of hydrogen-bond acceptors (Lipinski definition) is 7. The lowest BCUT2D eigenvalue weighted by atomic mass is 10.0. The fourth-order valence-electron chi connectivity index (χ4n) is 4.35. The Morgan fingerprint density at radius 3 is 2.60 bits per heavy atom. The molecule has 0 saturated carbocycles. The van der Waals surface area contributed by atoms with Gasteiger partial charge >= 0.3 is 5.97 Å². The molecule has 1 aliphatic carbocycles. The molecule has 0 spiro atoms. The summed E-state index contributed by atoms with van der Waals surface area (Å²) in [6.45, 7) is -0.394. The molecule has 0 bridgehead atoms. The van der Waals surface area contributed by atoms with Crippen molar-refractivity contribution in [3.63, 3.8) is 0 Å². The second-order valence-electron chi connectivity index (χ2n) is 8.09. The number of benzene rings is 2. The minimum Gasteiger partial charge on any atom is -0.493 e. The first-order chi connectivity index (χ1) is 17.1. The van der Waals surface area contributed by atoms with Gasteiger partial charge in [0.15, 0.2) is 23.9 Å². The van der Waals surface area contributed by atoms with Gasteiger partial charge in [0, 0.05) is 10.9 Å². The molecule has 5 rings (SSSR count). The second-order valence-corrected chi connectivity index (χ2v) is 8.09. The highest BCUT2D eigenvalue weighted by Crippen LogP contribution is 2.38. The van der Waals surface area contributed by atoms with Crippen molar-refractivity contribution in [2.75, 3.05) is 20.8 Å². The number of aromatic nitrogens is 1. The van der Waals surface area contributed by atoms with E-state index in [2.05, 4.69) is 0 Å². The third-order valence-corrected chi connectivity index (χ3v) is 6.05. The van der Waals surface area contributed by atoms with E-state index in [1.54, 1.807) is 24.5 Å². The van der Waals surface area contributed by atoms with Crippen LogP contribution in [0.4, 0.5) is 0 Å². The topological polar surface area (TPSA) is 87.9 Å². The number of furan rings is 1. The summed E-state index contributed by atoms with van der Waals surface area (Å²) in [6.07, 6.45) is 4.94. The van der Waals surface area contributed by atoms with Crippen molar-refractivity contribution in [3.8, 4) is 11.5 Å². The van der Waals surface area contributed by atoms with Gasteiger partial charge in [-0.05, 0) is 66.5 Å². The second kappa shape index (κ2) is 9.46. The maximum Gasteiger partial charge on any atom is 0.339 e. The van der Waals surface area contributed by atoms with Crippen molar-refractivity contribution < 1.29 is 28.2 Å². The Balaban J connectivity index is 1.45. The van der Waals surface area contributed by atoms with Gasteiger partial charge in [-0.1, -0.05) is 18.2 Å². The highest BCUT2D eigenvalue weighted by atomic mass is 16.5. The molecule has 0 radical (unpaired) electrons. The summed E-state index contributed by atoms with van der Waals surface area (Å²) >= 11 is 0. The number of pyridine rings is 1. The van der Waals surface area contributed by atoms with Gasteiger partial charge in [-0.25, -0.2) is 9.78 Å². The van der Waals surface area contributed by atoms with E-state index < -0.39 is 12.6 Å². The Bertz CT molecular complexity index is 1450. The van der Waals surface area contributed by atoms with E-state index >= 15 is 0 Å². The molecular formula is C28H23NO6. The molecule has 0 N–H and O–H groups in total. The first kappa shape index (κ1) is 22.4. The fourth-order valence-corrected chi connectivity index (χ4v) is 4.35. The summed E-state index contributed by atoms with van der Waals surface area (Å²) in [5.74, 6) is 0.782. The molecule has 0 amide bonds. The van der Waals surface area contributed by atoms with Crippen LogP contribution in [0.25, 0.3) is 22.6 Å². The zero-order chi connectivity index (χ0) is 24.4. The van der Waals surface area contributed by atoms with Gasteiger partial charge in [0.2, 0.25) is 0 Å². The van der Waals surface area contributed by atoms with Crippen LogP contribution >= 0.6 is 0 Å². The number of para-hydroxylation sites is 1. The van der Waals surface area contributed by atoms with Gasteiger partial charge in [0.25, 0.3) is 0 Å². The lowest BCUT2D eigenvalue weighted by Gasteiger charge is -2.13. The van der Waals surface area contributed by atoms with Crippen LogP contribution in [0, 0.1) is 0 Å². The molecule has 176 valence electrons. The molecule has 0 unspecified atom stereocenters. The maximum absolute atomic E-state index is 13.3. The van der Waals surface area contributed by atoms with Crippen LogP contribution in [-0.4, -0.2) is 37.6 Å². The van der Waals surface area contributed by atoms with Crippen LogP contribution in [0.3, 0.4) is 0 Å². The largest absolute Gasteiger partial charge is 0.493 e. The molecule has 1 aliphatic rings. The summed E-state index contributed by atoms with van der Waals surface area (Å²) in [6, 6.07) is 16.0. The van der Waals surface area contributed by atoms with E-state index in [0.29, 0.717) is 39.9 Å². The molecule has 7 heteroatoms. The number of rotatable bonds is 7. The van der Waals surface area contributed by atoms with E-state index in [1.165, 1.54) is 14.2 Å². The molecule has 35 heavy (non-hydrogen) atoms. The molecule has 2 aromatic heterocycles. The van der Waals surface area contributed by atoms with E-state index in [9.17, 15) is 9.59 Å². The number of methoxy groups -OCH3 is 2. The van der Waals surface area contributed by atoms with Crippen LogP contribution in [0.2, 0.25) is 0 Å². The van der Waals surface area contributed by atoms with Crippen LogP contribution in [0.5, 0.6) is 11.5 Å². The van der Waals surface area contributed by atoms with Gasteiger partial charge in [-0.3, -0.25) is 4.79 Å². The van der Waals surface area contributed by atoms with Crippen LogP contribution in [0.1, 0.15) is 44.2 Å². The predicted octanol–water partition coefficient (Wildman–Crippen LogP) is 5.37. The number of nitrogens with zero attached hydrogens (tertiary/aromatic N) is 1. The number of carbonyl (C=O) groups excluding carboxylic acids is 2. The normalized spacial score (nSPS) is 13.6. The van der Waals surface area contributed by atoms with Gasteiger partial charge in [-0.15, -0.1) is 0 Å². The highest BCUT2D eigenvalue weighted by Gasteiger charge is 2.28. The van der Waals surface area contributed by atoms with Crippen molar-refractivity contribution in [1.29, 1.82) is 0 Å². The van der Waals surface area contributed by atoms with Crippen molar-refractivity contribution in [3.05, 3.63) is 89.0 Å². The van der Waals surface area contributed by atoms with Crippen LogP contribution < -0.4 is 9.47 Å². The zero-order valence-electron chi connectivity index (χ0n) is 19.4. The molecular weight excluding hydrogens is 446 g/mol. The Labute approximate surface area is 201 Å². The van der Waals surface area contributed by atoms with Gasteiger partial charge < -0.3 is 18.6 Å². The Kier molecular flexibility index (Phi) is 6.06. The van der Waals surface area contributed by atoms with Gasteiger partial charge in [-0.2, -0.15) is 0 Å². The first-order valence-electron chi connectivity index (χ1n) is 11.2. The summed E-state index contributed by atoms with van der Waals surface area (Å²) in [5.41, 5.74) is 4.09. The molecule has 0 atom stereocenters. The van der Waals surface area contributed by atoms with Gasteiger partial charge in [0.05, 0.1) is 37.3 Å². The molecule has 0 saturated heterocycles. The van der Waals surface area contributed by atoms with E-state index in [0.717, 1.165) is 29.0 Å². The van der Waals surface area contributed by atoms with Crippen LogP contribution in [0.15, 0.2) is 65.3 Å². The third-order valence-electron chi connectivity index (χ3n) is 6.05. The summed E-state index contributed by atoms with van der Waals surface area (Å²) < 4.78 is 21.5. The highest BCUT2D eigenvalue weighted by molar-refractivity contribution is 6.08.